The SMILES string of the molecule is CCN(C[C@@H]1[C@@H](c2ccc(-c3ccccc3)cc2)[C@@H](CO)N1C(C)=O)C(C)=O. The Morgan fingerprint density at radius 3 is 2.07 bits per heavy atom. The van der Waals surface area contributed by atoms with Crippen molar-refractivity contribution in [3.63, 3.8) is 0 Å². The third-order valence-corrected chi connectivity index (χ3v) is 5.73. The summed E-state index contributed by atoms with van der Waals surface area (Å²) in [5, 5.41) is 9.91. The number of benzene rings is 2. The summed E-state index contributed by atoms with van der Waals surface area (Å²) in [4.78, 5) is 27.5. The summed E-state index contributed by atoms with van der Waals surface area (Å²) in [6.07, 6.45) is 0. The van der Waals surface area contributed by atoms with Gasteiger partial charge in [0.1, 0.15) is 0 Å². The Morgan fingerprint density at radius 1 is 0.964 bits per heavy atom. The minimum Gasteiger partial charge on any atom is -0.394 e. The highest BCUT2D eigenvalue weighted by Gasteiger charge is 2.50. The monoisotopic (exact) mass is 380 g/mol. The molecule has 0 aromatic heterocycles. The Kier molecular flexibility index (Phi) is 6.15. The summed E-state index contributed by atoms with van der Waals surface area (Å²) < 4.78 is 0. The normalized spacial score (nSPS) is 21.1. The van der Waals surface area contributed by atoms with Crippen LogP contribution in [0.2, 0.25) is 0 Å². The van der Waals surface area contributed by atoms with Gasteiger partial charge in [-0.15, -0.1) is 0 Å². The number of hydrogen-bond acceptors (Lipinski definition) is 3. The molecule has 0 aliphatic carbocycles. The molecule has 1 N–H and O–H groups in total. The molecule has 3 atom stereocenters. The van der Waals surface area contributed by atoms with Crippen LogP contribution in [0.3, 0.4) is 0 Å². The molecule has 1 heterocycles. The van der Waals surface area contributed by atoms with E-state index < -0.39 is 0 Å². The fraction of sp³-hybridized carbons (Fsp3) is 0.391. The maximum Gasteiger partial charge on any atom is 0.220 e. The first-order valence-electron chi connectivity index (χ1n) is 9.78. The molecule has 148 valence electrons. The van der Waals surface area contributed by atoms with Crippen LogP contribution >= 0.6 is 0 Å². The van der Waals surface area contributed by atoms with Gasteiger partial charge in [-0.05, 0) is 23.6 Å². The van der Waals surface area contributed by atoms with Gasteiger partial charge in [-0.3, -0.25) is 9.59 Å². The summed E-state index contributed by atoms with van der Waals surface area (Å²) in [6, 6.07) is 18.1. The molecule has 5 nitrogen and oxygen atoms in total. The van der Waals surface area contributed by atoms with Crippen molar-refractivity contribution in [3.05, 3.63) is 60.2 Å². The molecule has 28 heavy (non-hydrogen) atoms. The van der Waals surface area contributed by atoms with Gasteiger partial charge in [0.2, 0.25) is 11.8 Å². The second kappa shape index (κ2) is 8.57. The fourth-order valence-corrected chi connectivity index (χ4v) is 4.30. The minimum absolute atomic E-state index is 0.00312. The van der Waals surface area contributed by atoms with Gasteiger partial charge in [-0.1, -0.05) is 54.6 Å². The molecular weight excluding hydrogens is 352 g/mol. The van der Waals surface area contributed by atoms with Crippen LogP contribution < -0.4 is 0 Å². The van der Waals surface area contributed by atoms with E-state index in [0.29, 0.717) is 13.1 Å². The van der Waals surface area contributed by atoms with Crippen molar-refractivity contribution in [2.45, 2.75) is 38.8 Å². The molecule has 2 aromatic rings. The number of carbonyl (C=O) groups excluding carboxylic acids is 2. The molecule has 1 aliphatic rings. The van der Waals surface area contributed by atoms with Crippen molar-refractivity contribution in [1.29, 1.82) is 0 Å². The van der Waals surface area contributed by atoms with Crippen molar-refractivity contribution in [2.24, 2.45) is 0 Å². The van der Waals surface area contributed by atoms with E-state index in [-0.39, 0.29) is 36.4 Å². The Balaban J connectivity index is 1.88. The number of likely N-dealkylation sites (tertiary alicyclic amines) is 1. The van der Waals surface area contributed by atoms with E-state index in [1.54, 1.807) is 16.7 Å². The van der Waals surface area contributed by atoms with Crippen LogP contribution in [0.1, 0.15) is 32.3 Å². The molecule has 1 aliphatic heterocycles. The summed E-state index contributed by atoms with van der Waals surface area (Å²) in [5.74, 6) is -0.0652. The van der Waals surface area contributed by atoms with Crippen LogP contribution in [-0.2, 0) is 9.59 Å². The molecule has 0 bridgehead atoms. The lowest BCUT2D eigenvalue weighted by Gasteiger charge is -2.55. The molecule has 0 spiro atoms. The Bertz CT molecular complexity index is 820. The van der Waals surface area contributed by atoms with Gasteiger partial charge < -0.3 is 14.9 Å². The summed E-state index contributed by atoms with van der Waals surface area (Å²) >= 11 is 0. The summed E-state index contributed by atoms with van der Waals surface area (Å²) in [7, 11) is 0. The molecule has 5 heteroatoms. The molecule has 1 fully saturated rings. The zero-order valence-corrected chi connectivity index (χ0v) is 16.7. The average Bonchev–Trinajstić information content (AvgIpc) is 2.68. The van der Waals surface area contributed by atoms with Crippen molar-refractivity contribution < 1.29 is 14.7 Å². The van der Waals surface area contributed by atoms with Crippen LogP contribution in [-0.4, -0.2) is 58.5 Å². The zero-order valence-electron chi connectivity index (χ0n) is 16.7. The van der Waals surface area contributed by atoms with Gasteiger partial charge in [0.25, 0.3) is 0 Å². The third kappa shape index (κ3) is 3.80. The molecule has 2 aromatic carbocycles. The Labute approximate surface area is 166 Å². The van der Waals surface area contributed by atoms with Crippen LogP contribution in [0.15, 0.2) is 54.6 Å². The van der Waals surface area contributed by atoms with E-state index in [9.17, 15) is 14.7 Å². The highest BCUT2D eigenvalue weighted by atomic mass is 16.3. The first-order valence-corrected chi connectivity index (χ1v) is 9.78. The molecule has 0 saturated carbocycles. The Hall–Kier alpha value is -2.66. The summed E-state index contributed by atoms with van der Waals surface area (Å²) in [6.45, 7) is 5.99. The van der Waals surface area contributed by atoms with E-state index in [1.165, 1.54) is 6.92 Å². The van der Waals surface area contributed by atoms with Crippen LogP contribution in [0.4, 0.5) is 0 Å². The predicted molar refractivity (Wildman–Crippen MR) is 110 cm³/mol. The van der Waals surface area contributed by atoms with Gasteiger partial charge in [-0.25, -0.2) is 0 Å². The first-order chi connectivity index (χ1) is 13.5. The van der Waals surface area contributed by atoms with Gasteiger partial charge >= 0.3 is 0 Å². The van der Waals surface area contributed by atoms with Crippen molar-refractivity contribution in [1.82, 2.24) is 9.80 Å². The van der Waals surface area contributed by atoms with Gasteiger partial charge in [0.15, 0.2) is 0 Å². The van der Waals surface area contributed by atoms with Crippen molar-refractivity contribution in [3.8, 4) is 11.1 Å². The standard InChI is InChI=1S/C23H28N2O3/c1-4-24(16(2)27)14-21-23(22(15-26)25(21)17(3)28)20-12-10-19(11-13-20)18-8-6-5-7-9-18/h5-13,21-23,26H,4,14-15H2,1-3H3/t21-,22-,23-/m1/s1. The minimum atomic E-state index is -0.254. The number of hydrogen-bond donors (Lipinski definition) is 1. The number of rotatable bonds is 6. The van der Waals surface area contributed by atoms with Crippen molar-refractivity contribution in [2.75, 3.05) is 19.7 Å². The first kappa shape index (κ1) is 20.1. The van der Waals surface area contributed by atoms with Crippen LogP contribution in [0, 0.1) is 0 Å². The predicted octanol–water partition coefficient (Wildman–Crippen LogP) is 2.90. The van der Waals surface area contributed by atoms with E-state index >= 15 is 0 Å². The molecule has 0 radical (unpaired) electrons. The highest BCUT2D eigenvalue weighted by molar-refractivity contribution is 5.77. The Morgan fingerprint density at radius 2 is 1.57 bits per heavy atom. The van der Waals surface area contributed by atoms with Gasteiger partial charge in [-0.2, -0.15) is 0 Å². The lowest BCUT2D eigenvalue weighted by molar-refractivity contribution is -0.152. The molecule has 1 saturated heterocycles. The molecule has 2 amide bonds. The van der Waals surface area contributed by atoms with Gasteiger partial charge in [0.05, 0.1) is 18.7 Å². The number of nitrogens with zero attached hydrogens (tertiary/aromatic N) is 2. The molecule has 3 rings (SSSR count). The van der Waals surface area contributed by atoms with E-state index in [2.05, 4.69) is 36.4 Å². The van der Waals surface area contributed by atoms with E-state index in [4.69, 9.17) is 0 Å². The second-order valence-electron chi connectivity index (χ2n) is 7.32. The van der Waals surface area contributed by atoms with Gasteiger partial charge in [0, 0.05) is 32.9 Å². The summed E-state index contributed by atoms with van der Waals surface area (Å²) in [5.41, 5.74) is 3.36. The van der Waals surface area contributed by atoms with E-state index in [0.717, 1.165) is 16.7 Å². The zero-order chi connectivity index (χ0) is 20.3. The maximum absolute atomic E-state index is 12.2. The smallest absolute Gasteiger partial charge is 0.220 e. The second-order valence-corrected chi connectivity index (χ2v) is 7.32. The largest absolute Gasteiger partial charge is 0.394 e. The lowest BCUT2D eigenvalue weighted by Crippen LogP contribution is -2.68. The number of aliphatic hydroxyl groups is 1. The fourth-order valence-electron chi connectivity index (χ4n) is 4.30. The average molecular weight is 380 g/mol. The maximum atomic E-state index is 12.2. The highest BCUT2D eigenvalue weighted by Crippen LogP contribution is 2.41. The van der Waals surface area contributed by atoms with Crippen molar-refractivity contribution >= 4 is 11.8 Å². The number of carbonyl (C=O) groups is 2. The third-order valence-electron chi connectivity index (χ3n) is 5.73. The molecule has 0 unspecified atom stereocenters. The van der Waals surface area contributed by atoms with Crippen LogP contribution in [0.5, 0.6) is 0 Å². The lowest BCUT2D eigenvalue weighted by atomic mass is 9.74. The number of amides is 2. The number of likely N-dealkylation sites (N-methyl/N-ethyl adjacent to an activating group) is 1. The van der Waals surface area contributed by atoms with E-state index in [1.807, 2.05) is 25.1 Å². The quantitative estimate of drug-likeness (QED) is 0.838. The molecular formula is C23H28N2O3. The number of aliphatic hydroxyl groups excluding tert-OH is 1. The topological polar surface area (TPSA) is 60.9 Å². The van der Waals surface area contributed by atoms with Crippen LogP contribution in [0.25, 0.3) is 11.1 Å².